The van der Waals surface area contributed by atoms with E-state index in [0.717, 1.165) is 12.5 Å². The molecule has 0 aliphatic carbocycles. The predicted molar refractivity (Wildman–Crippen MR) is 83.4 cm³/mol. The van der Waals surface area contributed by atoms with Crippen LogP contribution in [0.25, 0.3) is 10.4 Å². The maximum Gasteiger partial charge on any atom is 0.0351 e. The molecule has 0 saturated heterocycles. The summed E-state index contributed by atoms with van der Waals surface area (Å²) in [4.78, 5) is 2.79. The molecule has 3 heteroatoms. The molecule has 1 N–H and O–H groups in total. The second kappa shape index (κ2) is 6.50. The number of rotatable bonds is 6. The van der Waals surface area contributed by atoms with Gasteiger partial charge in [0.2, 0.25) is 0 Å². The molecule has 0 amide bonds. The zero-order valence-corrected chi connectivity index (χ0v) is 12.9. The molecule has 2 rings (SSSR count). The molecule has 18 heavy (non-hydrogen) atoms. The van der Waals surface area contributed by atoms with Gasteiger partial charge >= 0.3 is 0 Å². The summed E-state index contributed by atoms with van der Waals surface area (Å²) in [6.07, 6.45) is 1.24. The molecule has 1 unspecified atom stereocenters. The van der Waals surface area contributed by atoms with Gasteiger partial charge < -0.3 is 5.32 Å². The minimum Gasteiger partial charge on any atom is -0.309 e. The molecule has 1 nitrogen and oxygen atoms in total. The Hall–Kier alpha value is -0.640. The van der Waals surface area contributed by atoms with Crippen LogP contribution in [0.2, 0.25) is 0 Å². The Kier molecular flexibility index (Phi) is 4.98. The summed E-state index contributed by atoms with van der Waals surface area (Å²) in [5, 5.41) is 8.00. The standard InChI is InChI=1S/C15H21NS2/c1-11(2)7-12(3)16-9-14-8-13(10-18-14)15-5-4-6-17-15/h4-6,8,10-12,16H,7,9H2,1-3H3. The number of hydrogen-bond acceptors (Lipinski definition) is 3. The lowest BCUT2D eigenvalue weighted by Crippen LogP contribution is -2.26. The first-order valence-electron chi connectivity index (χ1n) is 6.50. The van der Waals surface area contributed by atoms with Crippen molar-refractivity contribution in [2.24, 2.45) is 5.92 Å². The van der Waals surface area contributed by atoms with Gasteiger partial charge in [-0.05, 0) is 42.2 Å². The molecule has 1 atom stereocenters. The van der Waals surface area contributed by atoms with Crippen molar-refractivity contribution >= 4 is 22.7 Å². The van der Waals surface area contributed by atoms with Gasteiger partial charge in [0, 0.05) is 27.9 Å². The van der Waals surface area contributed by atoms with Crippen molar-refractivity contribution in [3.8, 4) is 10.4 Å². The second-order valence-corrected chi connectivity index (χ2v) is 7.13. The maximum absolute atomic E-state index is 3.60. The van der Waals surface area contributed by atoms with Crippen LogP contribution in [0.3, 0.4) is 0 Å². The van der Waals surface area contributed by atoms with Crippen molar-refractivity contribution in [1.29, 1.82) is 0 Å². The van der Waals surface area contributed by atoms with E-state index in [0.29, 0.717) is 6.04 Å². The SMILES string of the molecule is CC(C)CC(C)NCc1cc(-c2cccs2)cs1. The van der Waals surface area contributed by atoms with Crippen LogP contribution >= 0.6 is 22.7 Å². The van der Waals surface area contributed by atoms with Gasteiger partial charge in [-0.1, -0.05) is 19.9 Å². The van der Waals surface area contributed by atoms with Gasteiger partial charge in [0.1, 0.15) is 0 Å². The fourth-order valence-electron chi connectivity index (χ4n) is 2.11. The average molecular weight is 279 g/mol. The highest BCUT2D eigenvalue weighted by atomic mass is 32.1. The molecule has 2 aromatic heterocycles. The normalized spacial score (nSPS) is 13.1. The predicted octanol–water partition coefficient (Wildman–Crippen LogP) is 5.00. The Morgan fingerprint density at radius 2 is 2.06 bits per heavy atom. The first-order valence-corrected chi connectivity index (χ1v) is 8.25. The third-order valence-corrected chi connectivity index (χ3v) is 4.76. The lowest BCUT2D eigenvalue weighted by atomic mass is 10.1. The molecule has 0 saturated carbocycles. The fraction of sp³-hybridized carbons (Fsp3) is 0.467. The topological polar surface area (TPSA) is 12.0 Å². The van der Waals surface area contributed by atoms with Crippen LogP contribution in [-0.2, 0) is 6.54 Å². The van der Waals surface area contributed by atoms with Gasteiger partial charge in [-0.3, -0.25) is 0 Å². The van der Waals surface area contributed by atoms with Crippen LogP contribution in [0.4, 0.5) is 0 Å². The van der Waals surface area contributed by atoms with Gasteiger partial charge in [-0.2, -0.15) is 0 Å². The third kappa shape index (κ3) is 3.94. The Balaban J connectivity index is 1.87. The Bertz CT molecular complexity index is 457. The maximum atomic E-state index is 3.60. The quantitative estimate of drug-likeness (QED) is 0.784. The van der Waals surface area contributed by atoms with E-state index in [4.69, 9.17) is 0 Å². The molecular weight excluding hydrogens is 258 g/mol. The van der Waals surface area contributed by atoms with E-state index in [2.05, 4.69) is 55.0 Å². The zero-order chi connectivity index (χ0) is 13.0. The molecule has 0 bridgehead atoms. The first-order chi connectivity index (χ1) is 8.65. The van der Waals surface area contributed by atoms with Gasteiger partial charge in [-0.25, -0.2) is 0 Å². The summed E-state index contributed by atoms with van der Waals surface area (Å²) < 4.78 is 0. The van der Waals surface area contributed by atoms with Gasteiger partial charge in [0.25, 0.3) is 0 Å². The lowest BCUT2D eigenvalue weighted by Gasteiger charge is -2.15. The van der Waals surface area contributed by atoms with E-state index >= 15 is 0 Å². The van der Waals surface area contributed by atoms with Crippen molar-refractivity contribution in [3.05, 3.63) is 33.8 Å². The molecule has 0 aliphatic rings. The van der Waals surface area contributed by atoms with Crippen LogP contribution in [0.1, 0.15) is 32.1 Å². The van der Waals surface area contributed by atoms with Gasteiger partial charge in [-0.15, -0.1) is 22.7 Å². The van der Waals surface area contributed by atoms with E-state index in [9.17, 15) is 0 Å². The van der Waals surface area contributed by atoms with Crippen molar-refractivity contribution in [2.45, 2.75) is 39.8 Å². The average Bonchev–Trinajstić information content (AvgIpc) is 2.96. The molecule has 0 spiro atoms. The Labute approximate surface area is 118 Å². The van der Waals surface area contributed by atoms with Crippen LogP contribution < -0.4 is 5.32 Å². The van der Waals surface area contributed by atoms with Gasteiger partial charge in [0.05, 0.1) is 0 Å². The zero-order valence-electron chi connectivity index (χ0n) is 11.3. The third-order valence-electron chi connectivity index (χ3n) is 2.91. The minimum absolute atomic E-state index is 0.595. The highest BCUT2D eigenvalue weighted by molar-refractivity contribution is 7.14. The monoisotopic (exact) mass is 279 g/mol. The summed E-state index contributed by atoms with van der Waals surface area (Å²) in [5.74, 6) is 0.762. The van der Waals surface area contributed by atoms with Crippen LogP contribution in [0.15, 0.2) is 29.0 Å². The Morgan fingerprint density at radius 3 is 2.72 bits per heavy atom. The van der Waals surface area contributed by atoms with Crippen LogP contribution in [0.5, 0.6) is 0 Å². The number of nitrogens with one attached hydrogen (secondary N) is 1. The fourth-order valence-corrected chi connectivity index (χ4v) is 3.74. The van der Waals surface area contributed by atoms with Gasteiger partial charge in [0.15, 0.2) is 0 Å². The molecule has 0 radical (unpaired) electrons. The summed E-state index contributed by atoms with van der Waals surface area (Å²) in [5.41, 5.74) is 1.36. The van der Waals surface area contributed by atoms with E-state index in [1.54, 1.807) is 0 Å². The van der Waals surface area contributed by atoms with E-state index < -0.39 is 0 Å². The number of thiophene rings is 2. The molecule has 0 aliphatic heterocycles. The Morgan fingerprint density at radius 1 is 1.22 bits per heavy atom. The molecule has 0 aromatic carbocycles. The second-order valence-electron chi connectivity index (χ2n) is 5.19. The summed E-state index contributed by atoms with van der Waals surface area (Å²) in [7, 11) is 0. The molecule has 0 fully saturated rings. The highest BCUT2D eigenvalue weighted by Gasteiger charge is 2.06. The van der Waals surface area contributed by atoms with E-state index in [-0.39, 0.29) is 0 Å². The largest absolute Gasteiger partial charge is 0.309 e. The minimum atomic E-state index is 0.595. The van der Waals surface area contributed by atoms with Crippen molar-refractivity contribution < 1.29 is 0 Å². The van der Waals surface area contributed by atoms with Crippen molar-refractivity contribution in [1.82, 2.24) is 5.32 Å². The van der Waals surface area contributed by atoms with Crippen molar-refractivity contribution in [3.63, 3.8) is 0 Å². The molecule has 2 aromatic rings. The molecular formula is C15H21NS2. The smallest absolute Gasteiger partial charge is 0.0351 e. The first kappa shape index (κ1) is 13.8. The summed E-state index contributed by atoms with van der Waals surface area (Å²) in [6.45, 7) is 7.81. The number of hydrogen-bond donors (Lipinski definition) is 1. The van der Waals surface area contributed by atoms with E-state index in [1.165, 1.54) is 21.7 Å². The van der Waals surface area contributed by atoms with Crippen LogP contribution in [-0.4, -0.2) is 6.04 Å². The summed E-state index contributed by atoms with van der Waals surface area (Å²) in [6, 6.07) is 7.20. The van der Waals surface area contributed by atoms with E-state index in [1.807, 2.05) is 22.7 Å². The molecule has 2 heterocycles. The van der Waals surface area contributed by atoms with Crippen molar-refractivity contribution in [2.75, 3.05) is 0 Å². The lowest BCUT2D eigenvalue weighted by molar-refractivity contribution is 0.443. The highest BCUT2D eigenvalue weighted by Crippen LogP contribution is 2.29. The van der Waals surface area contributed by atoms with Crippen LogP contribution in [0, 0.1) is 5.92 Å². The summed E-state index contributed by atoms with van der Waals surface area (Å²) >= 11 is 3.66. The molecule has 98 valence electrons.